The number of anilines is 1. The van der Waals surface area contributed by atoms with E-state index in [1.54, 1.807) is 6.33 Å². The first-order valence-corrected chi connectivity index (χ1v) is 6.19. The highest BCUT2D eigenvalue weighted by Gasteiger charge is 2.16. The molecule has 0 amide bonds. The fourth-order valence-electron chi connectivity index (χ4n) is 2.20. The fourth-order valence-corrected chi connectivity index (χ4v) is 2.20. The summed E-state index contributed by atoms with van der Waals surface area (Å²) in [6.07, 6.45) is 1.54. The zero-order valence-corrected chi connectivity index (χ0v) is 11.4. The first kappa shape index (κ1) is 12.6. The van der Waals surface area contributed by atoms with E-state index < -0.39 is 0 Å². The van der Waals surface area contributed by atoms with Crippen molar-refractivity contribution >= 4 is 5.82 Å². The van der Waals surface area contributed by atoms with Gasteiger partial charge in [-0.2, -0.15) is 0 Å². The highest BCUT2D eigenvalue weighted by molar-refractivity contribution is 5.71. The summed E-state index contributed by atoms with van der Waals surface area (Å²) in [5.74, 6) is 0.886. The van der Waals surface area contributed by atoms with Crippen LogP contribution in [0.1, 0.15) is 36.5 Å². The Labute approximate surface area is 108 Å². The Morgan fingerprint density at radius 2 is 1.83 bits per heavy atom. The van der Waals surface area contributed by atoms with Crippen molar-refractivity contribution in [2.45, 2.75) is 33.6 Å². The Bertz CT molecular complexity index is 574. The SMILES string of the molecule is Cc1cccc(-c2ncnc(N)c2C(C)C)c1C. The third-order valence-electron chi connectivity index (χ3n) is 3.35. The van der Waals surface area contributed by atoms with Gasteiger partial charge >= 0.3 is 0 Å². The van der Waals surface area contributed by atoms with E-state index in [2.05, 4.69) is 55.9 Å². The number of nitrogens with zero attached hydrogens (tertiary/aromatic N) is 2. The van der Waals surface area contributed by atoms with Crippen LogP contribution in [-0.4, -0.2) is 9.97 Å². The van der Waals surface area contributed by atoms with Crippen molar-refractivity contribution in [2.24, 2.45) is 0 Å². The van der Waals surface area contributed by atoms with Crippen LogP contribution in [0.2, 0.25) is 0 Å². The minimum Gasteiger partial charge on any atom is -0.383 e. The molecule has 1 heterocycles. The molecule has 0 aliphatic rings. The van der Waals surface area contributed by atoms with E-state index in [9.17, 15) is 0 Å². The van der Waals surface area contributed by atoms with Gasteiger partial charge in [-0.3, -0.25) is 0 Å². The van der Waals surface area contributed by atoms with Crippen LogP contribution in [0.5, 0.6) is 0 Å². The maximum atomic E-state index is 6.00. The van der Waals surface area contributed by atoms with E-state index >= 15 is 0 Å². The standard InChI is InChI=1S/C15H19N3/c1-9(2)13-14(17-8-18-15(13)16)12-7-5-6-10(3)11(12)4/h5-9H,1-4H3,(H2,16,17,18). The normalized spacial score (nSPS) is 10.9. The second-order valence-electron chi connectivity index (χ2n) is 4.92. The molecule has 0 saturated carbocycles. The lowest BCUT2D eigenvalue weighted by Gasteiger charge is -2.16. The topological polar surface area (TPSA) is 51.8 Å². The molecule has 0 aliphatic heterocycles. The minimum atomic E-state index is 0.307. The average Bonchev–Trinajstić information content (AvgIpc) is 2.32. The molecule has 0 saturated heterocycles. The summed E-state index contributed by atoms with van der Waals surface area (Å²) in [5, 5.41) is 0. The van der Waals surface area contributed by atoms with Crippen LogP contribution in [0.15, 0.2) is 24.5 Å². The monoisotopic (exact) mass is 241 g/mol. The molecule has 1 aromatic carbocycles. The van der Waals surface area contributed by atoms with E-state index in [-0.39, 0.29) is 0 Å². The van der Waals surface area contributed by atoms with Gasteiger partial charge in [0.15, 0.2) is 0 Å². The third-order valence-corrected chi connectivity index (χ3v) is 3.35. The minimum absolute atomic E-state index is 0.307. The van der Waals surface area contributed by atoms with Gasteiger partial charge in [0.2, 0.25) is 0 Å². The van der Waals surface area contributed by atoms with E-state index in [1.807, 2.05) is 0 Å². The van der Waals surface area contributed by atoms with Crippen LogP contribution < -0.4 is 5.73 Å². The number of rotatable bonds is 2. The number of nitrogens with two attached hydrogens (primary N) is 1. The first-order chi connectivity index (χ1) is 8.52. The summed E-state index contributed by atoms with van der Waals surface area (Å²) < 4.78 is 0. The zero-order chi connectivity index (χ0) is 13.3. The van der Waals surface area contributed by atoms with Gasteiger partial charge in [0.25, 0.3) is 0 Å². The molecule has 0 unspecified atom stereocenters. The van der Waals surface area contributed by atoms with Crippen LogP contribution in [0.25, 0.3) is 11.3 Å². The van der Waals surface area contributed by atoms with Gasteiger partial charge in [0.05, 0.1) is 5.69 Å². The average molecular weight is 241 g/mol. The molecule has 2 aromatic rings. The van der Waals surface area contributed by atoms with Crippen LogP contribution in [-0.2, 0) is 0 Å². The molecule has 3 nitrogen and oxygen atoms in total. The second kappa shape index (κ2) is 4.77. The molecule has 1 aromatic heterocycles. The fraction of sp³-hybridized carbons (Fsp3) is 0.333. The van der Waals surface area contributed by atoms with Crippen molar-refractivity contribution in [1.82, 2.24) is 9.97 Å². The lowest BCUT2D eigenvalue weighted by molar-refractivity contribution is 0.854. The largest absolute Gasteiger partial charge is 0.383 e. The first-order valence-electron chi connectivity index (χ1n) is 6.19. The van der Waals surface area contributed by atoms with Gasteiger partial charge in [-0.15, -0.1) is 0 Å². The Morgan fingerprint density at radius 3 is 2.50 bits per heavy atom. The Hall–Kier alpha value is -1.90. The molecule has 0 radical (unpaired) electrons. The molecule has 0 aliphatic carbocycles. The maximum absolute atomic E-state index is 6.00. The maximum Gasteiger partial charge on any atom is 0.130 e. The Morgan fingerprint density at radius 1 is 1.11 bits per heavy atom. The summed E-state index contributed by atoms with van der Waals surface area (Å²) in [6, 6.07) is 6.26. The number of hydrogen-bond acceptors (Lipinski definition) is 3. The van der Waals surface area contributed by atoms with E-state index in [0.29, 0.717) is 11.7 Å². The lowest BCUT2D eigenvalue weighted by atomic mass is 9.93. The molecule has 2 N–H and O–H groups in total. The van der Waals surface area contributed by atoms with Gasteiger partial charge < -0.3 is 5.73 Å². The molecule has 18 heavy (non-hydrogen) atoms. The molecule has 94 valence electrons. The number of aromatic nitrogens is 2. The van der Waals surface area contributed by atoms with Crippen molar-refractivity contribution in [1.29, 1.82) is 0 Å². The molecular formula is C15H19N3. The second-order valence-corrected chi connectivity index (χ2v) is 4.92. The van der Waals surface area contributed by atoms with Crippen LogP contribution in [0, 0.1) is 13.8 Å². The number of aryl methyl sites for hydroxylation is 1. The van der Waals surface area contributed by atoms with E-state index in [4.69, 9.17) is 5.73 Å². The quantitative estimate of drug-likeness (QED) is 0.876. The van der Waals surface area contributed by atoms with Gasteiger partial charge in [-0.25, -0.2) is 9.97 Å². The molecule has 3 heteroatoms. The van der Waals surface area contributed by atoms with E-state index in [0.717, 1.165) is 16.8 Å². The van der Waals surface area contributed by atoms with Gasteiger partial charge in [0.1, 0.15) is 12.1 Å². The van der Waals surface area contributed by atoms with Gasteiger partial charge in [0, 0.05) is 11.1 Å². The molecule has 0 spiro atoms. The number of benzene rings is 1. The van der Waals surface area contributed by atoms with Crippen molar-refractivity contribution in [3.63, 3.8) is 0 Å². The summed E-state index contributed by atoms with van der Waals surface area (Å²) >= 11 is 0. The zero-order valence-electron chi connectivity index (χ0n) is 11.4. The van der Waals surface area contributed by atoms with Crippen LogP contribution in [0.4, 0.5) is 5.82 Å². The number of hydrogen-bond donors (Lipinski definition) is 1. The molecular weight excluding hydrogens is 222 g/mol. The Balaban J connectivity index is 2.72. The third kappa shape index (κ3) is 2.08. The van der Waals surface area contributed by atoms with Crippen molar-refractivity contribution in [3.05, 3.63) is 41.2 Å². The van der Waals surface area contributed by atoms with Gasteiger partial charge in [-0.05, 0) is 30.9 Å². The van der Waals surface area contributed by atoms with E-state index in [1.165, 1.54) is 11.1 Å². The summed E-state index contributed by atoms with van der Waals surface area (Å²) in [4.78, 5) is 8.55. The predicted octanol–water partition coefficient (Wildman–Crippen LogP) is 3.47. The predicted molar refractivity (Wildman–Crippen MR) is 75.4 cm³/mol. The van der Waals surface area contributed by atoms with Crippen molar-refractivity contribution < 1.29 is 0 Å². The van der Waals surface area contributed by atoms with Crippen LogP contribution in [0.3, 0.4) is 0 Å². The lowest BCUT2D eigenvalue weighted by Crippen LogP contribution is -2.05. The van der Waals surface area contributed by atoms with Crippen molar-refractivity contribution in [3.8, 4) is 11.3 Å². The highest BCUT2D eigenvalue weighted by atomic mass is 14.9. The van der Waals surface area contributed by atoms with Crippen LogP contribution >= 0.6 is 0 Å². The number of nitrogen functional groups attached to an aromatic ring is 1. The smallest absolute Gasteiger partial charge is 0.130 e. The molecule has 0 atom stereocenters. The summed E-state index contributed by atoms with van der Waals surface area (Å²) in [5.41, 5.74) is 11.6. The Kier molecular flexibility index (Phi) is 3.32. The van der Waals surface area contributed by atoms with Gasteiger partial charge in [-0.1, -0.05) is 32.0 Å². The summed E-state index contributed by atoms with van der Waals surface area (Å²) in [7, 11) is 0. The van der Waals surface area contributed by atoms with Crippen molar-refractivity contribution in [2.75, 3.05) is 5.73 Å². The molecule has 0 fully saturated rings. The molecule has 0 bridgehead atoms. The highest BCUT2D eigenvalue weighted by Crippen LogP contribution is 2.32. The summed E-state index contributed by atoms with van der Waals surface area (Å²) in [6.45, 7) is 8.46. The molecule has 2 rings (SSSR count).